The lowest BCUT2D eigenvalue weighted by molar-refractivity contribution is 0.223. The van der Waals surface area contributed by atoms with Gasteiger partial charge in [0.1, 0.15) is 23.9 Å². The molecule has 0 aliphatic heterocycles. The average molecular weight is 226 g/mol. The molecule has 0 fully saturated rings. The van der Waals surface area contributed by atoms with Crippen molar-refractivity contribution in [1.82, 2.24) is 4.90 Å². The highest BCUT2D eigenvalue weighted by atomic mass is 19.1. The summed E-state index contributed by atoms with van der Waals surface area (Å²) < 4.78 is 18.5. The van der Waals surface area contributed by atoms with Gasteiger partial charge in [-0.1, -0.05) is 19.9 Å². The molecule has 90 valence electrons. The van der Waals surface area contributed by atoms with Crippen molar-refractivity contribution in [2.45, 2.75) is 13.8 Å². The van der Waals surface area contributed by atoms with Crippen LogP contribution in [-0.4, -0.2) is 31.1 Å². The number of para-hydroxylation sites is 1. The lowest BCUT2D eigenvalue weighted by atomic mass is 10.3. The predicted octanol–water partition coefficient (Wildman–Crippen LogP) is 2.13. The second kappa shape index (κ2) is 6.33. The van der Waals surface area contributed by atoms with E-state index in [-0.39, 0.29) is 5.69 Å². The topological polar surface area (TPSA) is 38.5 Å². The number of rotatable bonds is 6. The summed E-state index contributed by atoms with van der Waals surface area (Å²) in [7, 11) is 0. The molecule has 0 heterocycles. The minimum atomic E-state index is -0.430. The van der Waals surface area contributed by atoms with Crippen LogP contribution in [0.1, 0.15) is 13.8 Å². The second-order valence-electron chi connectivity index (χ2n) is 3.53. The fourth-order valence-corrected chi connectivity index (χ4v) is 1.47. The molecule has 0 radical (unpaired) electrons. The third-order valence-electron chi connectivity index (χ3n) is 2.57. The van der Waals surface area contributed by atoms with E-state index in [0.29, 0.717) is 12.4 Å². The largest absolute Gasteiger partial charge is 0.490 e. The van der Waals surface area contributed by atoms with E-state index in [2.05, 4.69) is 18.7 Å². The zero-order valence-corrected chi connectivity index (χ0v) is 9.87. The molecule has 0 aromatic heterocycles. The first-order chi connectivity index (χ1) is 7.69. The van der Waals surface area contributed by atoms with Crippen molar-refractivity contribution < 1.29 is 9.13 Å². The maximum absolute atomic E-state index is 13.1. The summed E-state index contributed by atoms with van der Waals surface area (Å²) in [4.78, 5) is 2.23. The highest BCUT2D eigenvalue weighted by Gasteiger charge is 2.05. The number of hydrogen-bond donors (Lipinski definition) is 1. The molecule has 0 saturated carbocycles. The first kappa shape index (κ1) is 12.8. The fourth-order valence-electron chi connectivity index (χ4n) is 1.47. The molecule has 1 aromatic carbocycles. The molecule has 1 rings (SSSR count). The standard InChI is InChI=1S/C12H19FN2O/c1-3-15(4-2)8-9-16-11-7-5-6-10(13)12(11)14/h5-7H,3-4,8-9,14H2,1-2H3. The lowest BCUT2D eigenvalue weighted by Gasteiger charge is -2.18. The van der Waals surface area contributed by atoms with E-state index in [0.717, 1.165) is 19.6 Å². The van der Waals surface area contributed by atoms with E-state index in [1.54, 1.807) is 12.1 Å². The summed E-state index contributed by atoms with van der Waals surface area (Å²) in [6.07, 6.45) is 0. The van der Waals surface area contributed by atoms with Crippen LogP contribution in [0.5, 0.6) is 5.75 Å². The van der Waals surface area contributed by atoms with Crippen molar-refractivity contribution in [2.75, 3.05) is 32.0 Å². The number of nitrogen functional groups attached to an aromatic ring is 1. The summed E-state index contributed by atoms with van der Waals surface area (Å²) in [6.45, 7) is 7.51. The van der Waals surface area contributed by atoms with Crippen molar-refractivity contribution >= 4 is 5.69 Å². The Balaban J connectivity index is 2.46. The van der Waals surface area contributed by atoms with Gasteiger partial charge in [-0.3, -0.25) is 0 Å². The Labute approximate surface area is 96.0 Å². The van der Waals surface area contributed by atoms with E-state index in [1.165, 1.54) is 6.07 Å². The van der Waals surface area contributed by atoms with Crippen molar-refractivity contribution in [3.05, 3.63) is 24.0 Å². The summed E-state index contributed by atoms with van der Waals surface area (Å²) in [5.74, 6) is -0.00695. The third kappa shape index (κ3) is 3.38. The van der Waals surface area contributed by atoms with Crippen LogP contribution in [-0.2, 0) is 0 Å². The number of ether oxygens (including phenoxy) is 1. The molecule has 3 nitrogen and oxygen atoms in total. The normalized spacial score (nSPS) is 10.8. The average Bonchev–Trinajstić information content (AvgIpc) is 2.30. The van der Waals surface area contributed by atoms with E-state index in [1.807, 2.05) is 0 Å². The van der Waals surface area contributed by atoms with Crippen LogP contribution in [0.15, 0.2) is 18.2 Å². The van der Waals surface area contributed by atoms with Gasteiger partial charge in [-0.2, -0.15) is 0 Å². The summed E-state index contributed by atoms with van der Waals surface area (Å²) in [6, 6.07) is 4.60. The molecular formula is C12H19FN2O. The summed E-state index contributed by atoms with van der Waals surface area (Å²) in [5, 5.41) is 0. The molecule has 0 aliphatic carbocycles. The Kier molecular flexibility index (Phi) is 5.05. The van der Waals surface area contributed by atoms with E-state index in [4.69, 9.17) is 10.5 Å². The van der Waals surface area contributed by atoms with Gasteiger partial charge >= 0.3 is 0 Å². The molecule has 0 saturated heterocycles. The lowest BCUT2D eigenvalue weighted by Crippen LogP contribution is -2.28. The van der Waals surface area contributed by atoms with Gasteiger partial charge in [0.05, 0.1) is 0 Å². The predicted molar refractivity (Wildman–Crippen MR) is 64.1 cm³/mol. The zero-order chi connectivity index (χ0) is 12.0. The van der Waals surface area contributed by atoms with E-state index in [9.17, 15) is 4.39 Å². The van der Waals surface area contributed by atoms with Gasteiger partial charge in [-0.05, 0) is 25.2 Å². The van der Waals surface area contributed by atoms with Crippen molar-refractivity contribution in [2.24, 2.45) is 0 Å². The van der Waals surface area contributed by atoms with Crippen LogP contribution in [0.25, 0.3) is 0 Å². The molecule has 2 N–H and O–H groups in total. The van der Waals surface area contributed by atoms with E-state index < -0.39 is 5.82 Å². The van der Waals surface area contributed by atoms with Gasteiger partial charge in [0.25, 0.3) is 0 Å². The minimum Gasteiger partial charge on any atom is -0.490 e. The maximum atomic E-state index is 13.1. The van der Waals surface area contributed by atoms with Gasteiger partial charge in [0.15, 0.2) is 0 Å². The van der Waals surface area contributed by atoms with Gasteiger partial charge in [-0.25, -0.2) is 4.39 Å². The van der Waals surface area contributed by atoms with E-state index >= 15 is 0 Å². The van der Waals surface area contributed by atoms with Gasteiger partial charge in [0, 0.05) is 6.54 Å². The number of anilines is 1. The number of hydrogen-bond acceptors (Lipinski definition) is 3. The number of likely N-dealkylation sites (N-methyl/N-ethyl adjacent to an activating group) is 1. The summed E-state index contributed by atoms with van der Waals surface area (Å²) in [5.41, 5.74) is 5.64. The van der Waals surface area contributed by atoms with Crippen LogP contribution >= 0.6 is 0 Å². The second-order valence-corrected chi connectivity index (χ2v) is 3.53. The Bertz CT molecular complexity index is 327. The zero-order valence-electron chi connectivity index (χ0n) is 9.87. The molecule has 0 bridgehead atoms. The van der Waals surface area contributed by atoms with Gasteiger partial charge in [0.2, 0.25) is 0 Å². The quantitative estimate of drug-likeness (QED) is 0.755. The minimum absolute atomic E-state index is 0.0852. The Hall–Kier alpha value is -1.29. The molecule has 16 heavy (non-hydrogen) atoms. The van der Waals surface area contributed by atoms with Crippen LogP contribution < -0.4 is 10.5 Å². The molecule has 0 aliphatic rings. The molecule has 0 amide bonds. The number of nitrogens with zero attached hydrogens (tertiary/aromatic N) is 1. The highest BCUT2D eigenvalue weighted by molar-refractivity contribution is 5.53. The first-order valence-electron chi connectivity index (χ1n) is 5.58. The number of halogens is 1. The molecule has 4 heteroatoms. The van der Waals surface area contributed by atoms with Crippen molar-refractivity contribution in [3.8, 4) is 5.75 Å². The van der Waals surface area contributed by atoms with Crippen LogP contribution in [0, 0.1) is 5.82 Å². The highest BCUT2D eigenvalue weighted by Crippen LogP contribution is 2.23. The van der Waals surface area contributed by atoms with Crippen LogP contribution in [0.4, 0.5) is 10.1 Å². The molecule has 0 spiro atoms. The Morgan fingerprint density at radius 1 is 1.31 bits per heavy atom. The smallest absolute Gasteiger partial charge is 0.149 e. The molecule has 1 aromatic rings. The van der Waals surface area contributed by atoms with Crippen molar-refractivity contribution in [3.63, 3.8) is 0 Å². The summed E-state index contributed by atoms with van der Waals surface area (Å²) >= 11 is 0. The van der Waals surface area contributed by atoms with Crippen molar-refractivity contribution in [1.29, 1.82) is 0 Å². The monoisotopic (exact) mass is 226 g/mol. The van der Waals surface area contributed by atoms with Gasteiger partial charge in [-0.15, -0.1) is 0 Å². The molecular weight excluding hydrogens is 207 g/mol. The molecule has 0 unspecified atom stereocenters. The van der Waals surface area contributed by atoms with Gasteiger partial charge < -0.3 is 15.4 Å². The Morgan fingerprint density at radius 2 is 2.00 bits per heavy atom. The Morgan fingerprint density at radius 3 is 2.62 bits per heavy atom. The molecule has 0 atom stereocenters. The fraction of sp³-hybridized carbons (Fsp3) is 0.500. The number of benzene rings is 1. The SMILES string of the molecule is CCN(CC)CCOc1cccc(F)c1N. The third-order valence-corrected chi connectivity index (χ3v) is 2.57. The maximum Gasteiger partial charge on any atom is 0.149 e. The van der Waals surface area contributed by atoms with Crippen LogP contribution in [0.3, 0.4) is 0 Å². The first-order valence-corrected chi connectivity index (χ1v) is 5.58. The number of nitrogens with two attached hydrogens (primary N) is 1. The van der Waals surface area contributed by atoms with Crippen LogP contribution in [0.2, 0.25) is 0 Å².